The fourth-order valence-corrected chi connectivity index (χ4v) is 6.96. The third kappa shape index (κ3) is 38.1. The number of aliphatic hydroxyl groups excluding tert-OH is 2. The summed E-state index contributed by atoms with van der Waals surface area (Å²) in [6, 6.07) is -0.634. The number of hydrogen-bond donors (Lipinski definition) is 3. The van der Waals surface area contributed by atoms with Gasteiger partial charge in [0, 0.05) is 6.42 Å². The molecular weight excluding hydrogens is 615 g/mol. The van der Waals surface area contributed by atoms with Crippen molar-refractivity contribution in [2.75, 3.05) is 6.61 Å². The molecule has 0 aliphatic heterocycles. The van der Waals surface area contributed by atoms with Gasteiger partial charge in [-0.05, 0) is 32.1 Å². The molecule has 50 heavy (non-hydrogen) atoms. The van der Waals surface area contributed by atoms with Crippen LogP contribution >= 0.6 is 0 Å². The Balaban J connectivity index is 3.56. The fraction of sp³-hybridized carbons (Fsp3) is 0.891. The molecule has 0 saturated carbocycles. The Hall–Kier alpha value is -1.13. The molecule has 1 amide bonds. The molecule has 4 heteroatoms. The van der Waals surface area contributed by atoms with Gasteiger partial charge in [-0.25, -0.2) is 0 Å². The molecule has 0 saturated heterocycles. The molecule has 0 bridgehead atoms. The molecule has 296 valence electrons. The molecule has 4 nitrogen and oxygen atoms in total. The van der Waals surface area contributed by atoms with E-state index in [0.717, 1.165) is 32.1 Å². The van der Waals surface area contributed by atoms with Crippen molar-refractivity contribution >= 4 is 5.91 Å². The summed E-state index contributed by atoms with van der Waals surface area (Å²) in [5.41, 5.74) is 0. The molecule has 0 heterocycles. The topological polar surface area (TPSA) is 69.6 Å². The van der Waals surface area contributed by atoms with Gasteiger partial charge in [0.05, 0.1) is 18.8 Å². The molecule has 0 aliphatic rings. The summed E-state index contributed by atoms with van der Waals surface area (Å²) in [4.78, 5) is 12.4. The van der Waals surface area contributed by atoms with Crippen molar-refractivity contribution in [2.24, 2.45) is 0 Å². The van der Waals surface area contributed by atoms with E-state index in [9.17, 15) is 15.0 Å². The first-order valence-corrected chi connectivity index (χ1v) is 22.6. The Morgan fingerprint density at radius 2 is 0.780 bits per heavy atom. The highest BCUT2D eigenvalue weighted by Gasteiger charge is 2.17. The minimum Gasteiger partial charge on any atom is -0.394 e. The predicted octanol–water partition coefficient (Wildman–Crippen LogP) is 14.0. The Morgan fingerprint density at radius 1 is 0.460 bits per heavy atom. The lowest BCUT2D eigenvalue weighted by atomic mass is 10.0. The van der Waals surface area contributed by atoms with Gasteiger partial charge in [-0.2, -0.15) is 0 Å². The smallest absolute Gasteiger partial charge is 0.220 e. The number of rotatable bonds is 41. The van der Waals surface area contributed by atoms with Crippen LogP contribution in [-0.4, -0.2) is 34.9 Å². The number of aliphatic hydroxyl groups is 2. The molecule has 2 atom stereocenters. The first-order chi connectivity index (χ1) is 24.7. The molecule has 0 aliphatic carbocycles. The monoisotopic (exact) mass is 704 g/mol. The summed E-state index contributed by atoms with van der Waals surface area (Å²) in [5, 5.41) is 23.0. The number of carbonyl (C=O) groups is 1. The third-order valence-corrected chi connectivity index (χ3v) is 10.4. The maximum Gasteiger partial charge on any atom is 0.220 e. The van der Waals surface area contributed by atoms with Crippen LogP contribution in [-0.2, 0) is 4.79 Å². The Kier molecular flexibility index (Phi) is 41.3. The van der Waals surface area contributed by atoms with Crippen LogP contribution in [0.3, 0.4) is 0 Å². The number of allylic oxidation sites excluding steroid dienone is 3. The van der Waals surface area contributed by atoms with Gasteiger partial charge in [-0.3, -0.25) is 4.79 Å². The molecule has 0 aromatic rings. The summed E-state index contributed by atoms with van der Waals surface area (Å²) in [6.07, 6.45) is 54.3. The zero-order chi connectivity index (χ0) is 36.4. The molecule has 0 aromatic heterocycles. The van der Waals surface area contributed by atoms with Crippen molar-refractivity contribution < 1.29 is 15.0 Å². The second kappa shape index (κ2) is 42.3. The largest absolute Gasteiger partial charge is 0.394 e. The van der Waals surface area contributed by atoms with Crippen molar-refractivity contribution in [2.45, 2.75) is 257 Å². The van der Waals surface area contributed by atoms with Crippen LogP contribution < -0.4 is 5.32 Å². The minimum atomic E-state index is -0.858. The van der Waals surface area contributed by atoms with Crippen molar-refractivity contribution in [1.29, 1.82) is 0 Å². The van der Waals surface area contributed by atoms with Crippen molar-refractivity contribution in [3.05, 3.63) is 24.3 Å². The van der Waals surface area contributed by atoms with E-state index in [2.05, 4.69) is 31.3 Å². The average Bonchev–Trinajstić information content (AvgIpc) is 3.12. The van der Waals surface area contributed by atoms with E-state index >= 15 is 0 Å². The number of unbranched alkanes of at least 4 members (excludes halogenated alkanes) is 32. The zero-order valence-electron chi connectivity index (χ0n) is 33.9. The maximum absolute atomic E-state index is 12.4. The van der Waals surface area contributed by atoms with E-state index in [4.69, 9.17) is 0 Å². The van der Waals surface area contributed by atoms with Crippen LogP contribution in [0, 0.1) is 0 Å². The van der Waals surface area contributed by atoms with Crippen LogP contribution in [0.25, 0.3) is 0 Å². The number of nitrogens with one attached hydrogen (secondary N) is 1. The highest BCUT2D eigenvalue weighted by atomic mass is 16.3. The van der Waals surface area contributed by atoms with Crippen LogP contribution in [0.4, 0.5) is 0 Å². The summed E-state index contributed by atoms with van der Waals surface area (Å²) >= 11 is 0. The van der Waals surface area contributed by atoms with Crippen molar-refractivity contribution in [1.82, 2.24) is 5.32 Å². The third-order valence-electron chi connectivity index (χ3n) is 10.4. The molecule has 2 unspecified atom stereocenters. The van der Waals surface area contributed by atoms with E-state index in [1.807, 2.05) is 6.08 Å². The van der Waals surface area contributed by atoms with Crippen LogP contribution in [0.1, 0.15) is 245 Å². The Labute approximate surface area is 313 Å². The van der Waals surface area contributed by atoms with Crippen LogP contribution in [0.15, 0.2) is 24.3 Å². The van der Waals surface area contributed by atoms with Gasteiger partial charge in [0.1, 0.15) is 0 Å². The van der Waals surface area contributed by atoms with Gasteiger partial charge in [0.2, 0.25) is 5.91 Å². The normalized spacial score (nSPS) is 13.1. The Morgan fingerprint density at radius 3 is 1.16 bits per heavy atom. The molecule has 0 fully saturated rings. The van der Waals surface area contributed by atoms with E-state index < -0.39 is 12.1 Å². The standard InChI is InChI=1S/C46H89NO3/c1-3-5-7-9-11-13-15-17-19-21-23-24-26-28-30-32-34-36-38-40-42-46(50)47-44(43-48)45(49)41-39-37-35-33-31-29-27-25-22-20-18-16-14-12-10-8-6-4-2/h31,33,39,41,44-45,48-49H,3-30,32,34-38,40,42-43H2,1-2H3,(H,47,50)/b33-31+,41-39+. The molecular formula is C46H89NO3. The van der Waals surface area contributed by atoms with Crippen LogP contribution in [0.2, 0.25) is 0 Å². The van der Waals surface area contributed by atoms with Gasteiger partial charge >= 0.3 is 0 Å². The minimum absolute atomic E-state index is 0.0698. The quantitative estimate of drug-likeness (QED) is 0.0438. The number of amides is 1. The SMILES string of the molecule is CCCCCCCCCCCCCC/C=C/CC/C=C/C(O)C(CO)NC(=O)CCCCCCCCCCCCCCCCCCCCCC. The fourth-order valence-electron chi connectivity index (χ4n) is 6.96. The first-order valence-electron chi connectivity index (χ1n) is 22.6. The number of hydrogen-bond acceptors (Lipinski definition) is 3. The second-order valence-corrected chi connectivity index (χ2v) is 15.5. The van der Waals surface area contributed by atoms with Crippen LogP contribution in [0.5, 0.6) is 0 Å². The summed E-state index contributed by atoms with van der Waals surface area (Å²) in [6.45, 7) is 4.32. The van der Waals surface area contributed by atoms with Gasteiger partial charge < -0.3 is 15.5 Å². The predicted molar refractivity (Wildman–Crippen MR) is 221 cm³/mol. The highest BCUT2D eigenvalue weighted by molar-refractivity contribution is 5.76. The molecule has 0 spiro atoms. The van der Waals surface area contributed by atoms with E-state index in [1.54, 1.807) is 6.08 Å². The van der Waals surface area contributed by atoms with Gasteiger partial charge in [0.15, 0.2) is 0 Å². The number of carbonyl (C=O) groups excluding carboxylic acids is 1. The lowest BCUT2D eigenvalue weighted by Gasteiger charge is -2.19. The maximum atomic E-state index is 12.4. The second-order valence-electron chi connectivity index (χ2n) is 15.5. The summed E-state index contributed by atoms with van der Waals surface area (Å²) in [5.74, 6) is -0.0698. The lowest BCUT2D eigenvalue weighted by molar-refractivity contribution is -0.123. The molecule has 0 rings (SSSR count). The van der Waals surface area contributed by atoms with E-state index in [-0.39, 0.29) is 12.5 Å². The van der Waals surface area contributed by atoms with Crippen molar-refractivity contribution in [3.8, 4) is 0 Å². The summed E-state index contributed by atoms with van der Waals surface area (Å²) in [7, 11) is 0. The lowest BCUT2D eigenvalue weighted by Crippen LogP contribution is -2.45. The average molecular weight is 704 g/mol. The molecule has 3 N–H and O–H groups in total. The van der Waals surface area contributed by atoms with E-state index in [1.165, 1.54) is 193 Å². The Bertz CT molecular complexity index is 720. The molecule has 0 aromatic carbocycles. The summed E-state index contributed by atoms with van der Waals surface area (Å²) < 4.78 is 0. The van der Waals surface area contributed by atoms with E-state index in [0.29, 0.717) is 6.42 Å². The first kappa shape index (κ1) is 48.9. The van der Waals surface area contributed by atoms with Gasteiger partial charge in [0.25, 0.3) is 0 Å². The molecule has 0 radical (unpaired) electrons. The zero-order valence-corrected chi connectivity index (χ0v) is 33.9. The van der Waals surface area contributed by atoms with Gasteiger partial charge in [-0.1, -0.05) is 231 Å². The highest BCUT2D eigenvalue weighted by Crippen LogP contribution is 2.16. The van der Waals surface area contributed by atoms with Gasteiger partial charge in [-0.15, -0.1) is 0 Å². The van der Waals surface area contributed by atoms with Crippen molar-refractivity contribution in [3.63, 3.8) is 0 Å².